The van der Waals surface area contributed by atoms with Gasteiger partial charge in [0, 0.05) is 18.5 Å². The predicted octanol–water partition coefficient (Wildman–Crippen LogP) is 3.00. The van der Waals surface area contributed by atoms with E-state index < -0.39 is 0 Å². The number of nitrogens with one attached hydrogen (secondary N) is 1. The van der Waals surface area contributed by atoms with Gasteiger partial charge in [0.1, 0.15) is 0 Å². The lowest BCUT2D eigenvalue weighted by Gasteiger charge is -2.10. The van der Waals surface area contributed by atoms with Crippen molar-refractivity contribution in [2.45, 2.75) is 26.7 Å². The predicted molar refractivity (Wildman–Crippen MR) is 59.8 cm³/mol. The fourth-order valence-corrected chi connectivity index (χ4v) is 1.63. The summed E-state index contributed by atoms with van der Waals surface area (Å²) in [5.41, 5.74) is 4.12. The van der Waals surface area contributed by atoms with Crippen molar-refractivity contribution in [3.8, 4) is 0 Å². The second-order valence-corrected chi connectivity index (χ2v) is 3.68. The summed E-state index contributed by atoms with van der Waals surface area (Å²) in [6.45, 7) is 5.45. The topological polar surface area (TPSA) is 29.1 Å². The monoisotopic (exact) mass is 211 g/mol. The molecule has 0 spiro atoms. The van der Waals surface area contributed by atoms with Crippen LogP contribution in [-0.2, 0) is 10.7 Å². The van der Waals surface area contributed by atoms with E-state index in [1.165, 1.54) is 6.92 Å². The lowest BCUT2D eigenvalue weighted by molar-refractivity contribution is -0.114. The summed E-state index contributed by atoms with van der Waals surface area (Å²) in [4.78, 5) is 10.9. The molecule has 76 valence electrons. The molecule has 1 rings (SSSR count). The average Bonchev–Trinajstić information content (AvgIpc) is 2.10. The fraction of sp³-hybridized carbons (Fsp3) is 0.364. The number of alkyl halides is 1. The largest absolute Gasteiger partial charge is 0.326 e. The lowest BCUT2D eigenvalue weighted by Crippen LogP contribution is -2.07. The zero-order valence-electron chi connectivity index (χ0n) is 8.65. The molecule has 0 aromatic heterocycles. The van der Waals surface area contributed by atoms with Crippen LogP contribution in [0, 0.1) is 13.8 Å². The zero-order valence-corrected chi connectivity index (χ0v) is 9.40. The first-order valence-corrected chi connectivity index (χ1v) is 5.01. The number of amides is 1. The Balaban J connectivity index is 3.08. The van der Waals surface area contributed by atoms with Crippen LogP contribution in [-0.4, -0.2) is 5.91 Å². The summed E-state index contributed by atoms with van der Waals surface area (Å²) >= 11 is 5.77. The molecule has 1 aromatic carbocycles. The van der Waals surface area contributed by atoms with Crippen molar-refractivity contribution in [1.82, 2.24) is 0 Å². The number of hydrogen-bond donors (Lipinski definition) is 1. The highest BCUT2D eigenvalue weighted by Crippen LogP contribution is 2.21. The highest BCUT2D eigenvalue weighted by atomic mass is 35.5. The first-order valence-electron chi connectivity index (χ1n) is 4.48. The maximum absolute atomic E-state index is 10.9. The van der Waals surface area contributed by atoms with Gasteiger partial charge in [-0.1, -0.05) is 6.07 Å². The van der Waals surface area contributed by atoms with Crippen molar-refractivity contribution in [2.75, 3.05) is 5.32 Å². The van der Waals surface area contributed by atoms with E-state index in [1.807, 2.05) is 26.0 Å². The minimum absolute atomic E-state index is 0.0499. The van der Waals surface area contributed by atoms with Gasteiger partial charge >= 0.3 is 0 Å². The molecule has 0 aliphatic rings. The Morgan fingerprint density at radius 3 is 2.50 bits per heavy atom. The van der Waals surface area contributed by atoms with E-state index >= 15 is 0 Å². The molecule has 14 heavy (non-hydrogen) atoms. The molecule has 0 aliphatic carbocycles. The number of rotatable bonds is 2. The summed E-state index contributed by atoms with van der Waals surface area (Å²) < 4.78 is 0. The van der Waals surface area contributed by atoms with E-state index in [1.54, 1.807) is 0 Å². The molecule has 0 atom stereocenters. The minimum atomic E-state index is -0.0499. The summed E-state index contributed by atoms with van der Waals surface area (Å²) in [5.74, 6) is 0.457. The second kappa shape index (κ2) is 4.47. The highest BCUT2D eigenvalue weighted by Gasteiger charge is 2.04. The van der Waals surface area contributed by atoms with Crippen molar-refractivity contribution < 1.29 is 4.79 Å². The van der Waals surface area contributed by atoms with Gasteiger partial charge in [-0.3, -0.25) is 4.79 Å². The van der Waals surface area contributed by atoms with Gasteiger partial charge in [-0.15, -0.1) is 11.6 Å². The maximum atomic E-state index is 10.9. The number of hydrogen-bond acceptors (Lipinski definition) is 1. The van der Waals surface area contributed by atoms with Crippen LogP contribution < -0.4 is 5.32 Å². The third-order valence-electron chi connectivity index (χ3n) is 2.14. The van der Waals surface area contributed by atoms with Gasteiger partial charge in [0.15, 0.2) is 0 Å². The van der Waals surface area contributed by atoms with Crippen LogP contribution in [0.1, 0.15) is 23.6 Å². The molecule has 0 fully saturated rings. The molecule has 0 radical (unpaired) electrons. The van der Waals surface area contributed by atoms with E-state index in [9.17, 15) is 4.79 Å². The number of carbonyl (C=O) groups excluding carboxylic acids is 1. The van der Waals surface area contributed by atoms with Gasteiger partial charge < -0.3 is 5.32 Å². The van der Waals surface area contributed by atoms with E-state index in [-0.39, 0.29) is 5.91 Å². The molecule has 0 bridgehead atoms. The molecule has 0 heterocycles. The first kappa shape index (κ1) is 11.1. The Kier molecular flexibility index (Phi) is 3.53. The molecule has 1 aromatic rings. The molecule has 0 saturated heterocycles. The Bertz CT molecular complexity index is 361. The fourth-order valence-electron chi connectivity index (χ4n) is 1.34. The number of aryl methyl sites for hydroxylation is 2. The molecular formula is C11H14ClNO. The second-order valence-electron chi connectivity index (χ2n) is 3.41. The van der Waals surface area contributed by atoms with Crippen LogP contribution in [0.25, 0.3) is 0 Å². The van der Waals surface area contributed by atoms with Crippen LogP contribution in [0.3, 0.4) is 0 Å². The van der Waals surface area contributed by atoms with Gasteiger partial charge in [-0.05, 0) is 36.6 Å². The van der Waals surface area contributed by atoms with Crippen molar-refractivity contribution in [3.63, 3.8) is 0 Å². The number of halogens is 1. The van der Waals surface area contributed by atoms with Crippen molar-refractivity contribution in [3.05, 3.63) is 28.8 Å². The van der Waals surface area contributed by atoms with E-state index in [0.29, 0.717) is 5.88 Å². The summed E-state index contributed by atoms with van der Waals surface area (Å²) in [6.07, 6.45) is 0. The average molecular weight is 212 g/mol. The molecule has 3 heteroatoms. The Morgan fingerprint density at radius 2 is 2.00 bits per heavy atom. The van der Waals surface area contributed by atoms with Crippen molar-refractivity contribution in [1.29, 1.82) is 0 Å². The molecule has 0 saturated carbocycles. The Hall–Kier alpha value is -1.02. The number of benzene rings is 1. The van der Waals surface area contributed by atoms with E-state index in [4.69, 9.17) is 11.6 Å². The quantitative estimate of drug-likeness (QED) is 0.749. The molecule has 1 N–H and O–H groups in total. The van der Waals surface area contributed by atoms with Crippen molar-refractivity contribution in [2.24, 2.45) is 0 Å². The third-order valence-corrected chi connectivity index (χ3v) is 2.43. The number of carbonyl (C=O) groups is 1. The Labute approximate surface area is 89.3 Å². The van der Waals surface area contributed by atoms with Crippen LogP contribution in [0.2, 0.25) is 0 Å². The summed E-state index contributed by atoms with van der Waals surface area (Å²) in [5, 5.41) is 2.78. The smallest absolute Gasteiger partial charge is 0.221 e. The van der Waals surface area contributed by atoms with E-state index in [0.717, 1.165) is 22.4 Å². The summed E-state index contributed by atoms with van der Waals surface area (Å²) in [7, 11) is 0. The van der Waals surface area contributed by atoms with Gasteiger partial charge in [0.2, 0.25) is 5.91 Å². The zero-order chi connectivity index (χ0) is 10.7. The van der Waals surface area contributed by atoms with Gasteiger partial charge in [0.25, 0.3) is 0 Å². The third kappa shape index (κ3) is 2.48. The maximum Gasteiger partial charge on any atom is 0.221 e. The van der Waals surface area contributed by atoms with Crippen LogP contribution in [0.15, 0.2) is 12.1 Å². The van der Waals surface area contributed by atoms with Crippen LogP contribution in [0.4, 0.5) is 5.69 Å². The van der Waals surface area contributed by atoms with Crippen LogP contribution >= 0.6 is 11.6 Å². The number of anilines is 1. The molecule has 0 unspecified atom stereocenters. The van der Waals surface area contributed by atoms with E-state index in [2.05, 4.69) is 5.32 Å². The van der Waals surface area contributed by atoms with Gasteiger partial charge in [0.05, 0.1) is 0 Å². The first-order chi connectivity index (χ1) is 6.54. The van der Waals surface area contributed by atoms with Gasteiger partial charge in [-0.2, -0.15) is 0 Å². The normalized spacial score (nSPS) is 10.0. The highest BCUT2D eigenvalue weighted by molar-refractivity contribution is 6.17. The molecular weight excluding hydrogens is 198 g/mol. The SMILES string of the molecule is CC(=O)Nc1cc(C)c(CCl)cc1C. The van der Waals surface area contributed by atoms with Crippen LogP contribution in [0.5, 0.6) is 0 Å². The standard InChI is InChI=1S/C11H14ClNO/c1-7-5-11(13-9(3)14)8(2)4-10(7)6-12/h4-5H,6H2,1-3H3,(H,13,14). The van der Waals surface area contributed by atoms with Gasteiger partial charge in [-0.25, -0.2) is 0 Å². The lowest BCUT2D eigenvalue weighted by atomic mass is 10.0. The summed E-state index contributed by atoms with van der Waals surface area (Å²) in [6, 6.07) is 3.96. The molecule has 1 amide bonds. The molecule has 0 aliphatic heterocycles. The van der Waals surface area contributed by atoms with Crippen molar-refractivity contribution >= 4 is 23.2 Å². The molecule has 2 nitrogen and oxygen atoms in total. The minimum Gasteiger partial charge on any atom is -0.326 e. The Morgan fingerprint density at radius 1 is 1.36 bits per heavy atom.